The number of furan rings is 1. The molecule has 0 saturated carbocycles. The Labute approximate surface area is 203 Å². The first kappa shape index (κ1) is 24.6. The topological polar surface area (TPSA) is 74.6 Å². The summed E-state index contributed by atoms with van der Waals surface area (Å²) >= 11 is 3.38. The quantitative estimate of drug-likeness (QED) is 0.319. The van der Waals surface area contributed by atoms with Crippen molar-refractivity contribution in [2.45, 2.75) is 39.7 Å². The van der Waals surface area contributed by atoms with Crippen LogP contribution in [-0.2, 0) is 6.54 Å². The highest BCUT2D eigenvalue weighted by Crippen LogP contribution is 2.27. The van der Waals surface area contributed by atoms with Crippen molar-refractivity contribution in [2.75, 3.05) is 23.3 Å². The van der Waals surface area contributed by atoms with Gasteiger partial charge in [0.25, 0.3) is 11.8 Å². The second kappa shape index (κ2) is 12.3. The van der Waals surface area contributed by atoms with Crippen molar-refractivity contribution >= 4 is 39.1 Å². The molecule has 0 unspecified atom stereocenters. The summed E-state index contributed by atoms with van der Waals surface area (Å²) in [6.45, 7) is 6.09. The fourth-order valence-corrected chi connectivity index (χ4v) is 3.70. The average Bonchev–Trinajstić information content (AvgIpc) is 3.34. The van der Waals surface area contributed by atoms with E-state index >= 15 is 0 Å². The van der Waals surface area contributed by atoms with E-state index in [-0.39, 0.29) is 11.8 Å². The van der Waals surface area contributed by atoms with E-state index in [1.54, 1.807) is 24.5 Å². The third kappa shape index (κ3) is 6.96. The van der Waals surface area contributed by atoms with Gasteiger partial charge in [0.15, 0.2) is 0 Å². The Bertz CT molecular complexity index is 1050. The standard InChI is InChI=1S/C26H30BrN3O3/c1-3-5-15-30(18-22-7-6-16-33-22)24-13-12-21(17-23(24)26(32)28-14-4-2)29-25(31)19-8-10-20(27)11-9-19/h6-13,16-17H,3-5,14-15,18H2,1-2H3,(H,28,32)(H,29,31). The maximum absolute atomic E-state index is 13.1. The van der Waals surface area contributed by atoms with E-state index in [1.165, 1.54) is 0 Å². The van der Waals surface area contributed by atoms with Crippen molar-refractivity contribution in [1.82, 2.24) is 5.32 Å². The molecule has 2 aromatic carbocycles. The van der Waals surface area contributed by atoms with Crippen LogP contribution in [-0.4, -0.2) is 24.9 Å². The van der Waals surface area contributed by atoms with Crippen molar-refractivity contribution in [3.05, 3.63) is 82.2 Å². The summed E-state index contributed by atoms with van der Waals surface area (Å²) in [5.74, 6) is 0.444. The molecule has 0 fully saturated rings. The smallest absolute Gasteiger partial charge is 0.255 e. The third-order valence-electron chi connectivity index (χ3n) is 5.19. The highest BCUT2D eigenvalue weighted by Gasteiger charge is 2.19. The minimum absolute atomic E-state index is 0.160. The molecule has 0 atom stereocenters. The molecule has 33 heavy (non-hydrogen) atoms. The molecule has 0 aliphatic rings. The molecule has 0 saturated heterocycles. The van der Waals surface area contributed by atoms with Gasteiger partial charge < -0.3 is 20.0 Å². The van der Waals surface area contributed by atoms with Crippen LogP contribution in [0.3, 0.4) is 0 Å². The molecule has 0 spiro atoms. The second-order valence-electron chi connectivity index (χ2n) is 7.80. The molecular formula is C26H30BrN3O3. The van der Waals surface area contributed by atoms with Crippen LogP contribution in [0.4, 0.5) is 11.4 Å². The SMILES string of the molecule is CCCCN(Cc1ccco1)c1ccc(NC(=O)c2ccc(Br)cc2)cc1C(=O)NCCC. The van der Waals surface area contributed by atoms with Gasteiger partial charge in [0.2, 0.25) is 0 Å². The third-order valence-corrected chi connectivity index (χ3v) is 5.72. The highest BCUT2D eigenvalue weighted by molar-refractivity contribution is 9.10. The summed E-state index contributed by atoms with van der Waals surface area (Å²) in [6.07, 6.45) is 4.52. The van der Waals surface area contributed by atoms with E-state index in [1.807, 2.05) is 43.3 Å². The van der Waals surface area contributed by atoms with Gasteiger partial charge in [0.1, 0.15) is 5.76 Å². The minimum atomic E-state index is -0.228. The first-order valence-electron chi connectivity index (χ1n) is 11.3. The monoisotopic (exact) mass is 511 g/mol. The van der Waals surface area contributed by atoms with Crippen LogP contribution in [0.2, 0.25) is 0 Å². The summed E-state index contributed by atoms with van der Waals surface area (Å²) in [5, 5.41) is 5.88. The molecule has 0 aliphatic heterocycles. The number of hydrogen-bond donors (Lipinski definition) is 2. The number of hydrogen-bond acceptors (Lipinski definition) is 4. The predicted molar refractivity (Wildman–Crippen MR) is 136 cm³/mol. The number of carbonyl (C=O) groups is 2. The Kier molecular flexibility index (Phi) is 9.13. The molecule has 3 aromatic rings. The predicted octanol–water partition coefficient (Wildman–Crippen LogP) is 6.24. The van der Waals surface area contributed by atoms with Gasteiger partial charge in [-0.15, -0.1) is 0 Å². The Morgan fingerprint density at radius 3 is 2.45 bits per heavy atom. The average molecular weight is 512 g/mol. The molecule has 7 heteroatoms. The number of benzene rings is 2. The lowest BCUT2D eigenvalue weighted by Gasteiger charge is -2.26. The zero-order chi connectivity index (χ0) is 23.6. The number of rotatable bonds is 11. The molecule has 3 rings (SSSR count). The molecule has 1 heterocycles. The normalized spacial score (nSPS) is 10.6. The van der Waals surface area contributed by atoms with E-state index < -0.39 is 0 Å². The molecule has 0 aliphatic carbocycles. The highest BCUT2D eigenvalue weighted by atomic mass is 79.9. The number of nitrogens with one attached hydrogen (secondary N) is 2. The lowest BCUT2D eigenvalue weighted by Crippen LogP contribution is -2.30. The maximum atomic E-state index is 13.1. The fraction of sp³-hybridized carbons (Fsp3) is 0.308. The molecule has 0 bridgehead atoms. The summed E-state index contributed by atoms with van der Waals surface area (Å²) in [7, 11) is 0. The van der Waals surface area contributed by atoms with Crippen molar-refractivity contribution in [3.63, 3.8) is 0 Å². The van der Waals surface area contributed by atoms with Gasteiger partial charge in [0.05, 0.1) is 24.1 Å². The largest absolute Gasteiger partial charge is 0.467 e. The Morgan fingerprint density at radius 1 is 1.00 bits per heavy atom. The maximum Gasteiger partial charge on any atom is 0.255 e. The number of carbonyl (C=O) groups excluding carboxylic acids is 2. The molecular weight excluding hydrogens is 482 g/mol. The van der Waals surface area contributed by atoms with E-state index in [0.29, 0.717) is 29.9 Å². The van der Waals surface area contributed by atoms with Gasteiger partial charge in [-0.2, -0.15) is 0 Å². The van der Waals surface area contributed by atoms with Gasteiger partial charge >= 0.3 is 0 Å². The molecule has 0 radical (unpaired) electrons. The molecule has 174 valence electrons. The van der Waals surface area contributed by atoms with E-state index in [4.69, 9.17) is 4.42 Å². The first-order chi connectivity index (χ1) is 16.0. The van der Waals surface area contributed by atoms with E-state index in [2.05, 4.69) is 38.4 Å². The molecule has 1 aromatic heterocycles. The van der Waals surface area contributed by atoms with Crippen molar-refractivity contribution in [3.8, 4) is 0 Å². The summed E-state index contributed by atoms with van der Waals surface area (Å²) < 4.78 is 6.47. The van der Waals surface area contributed by atoms with Gasteiger partial charge in [-0.3, -0.25) is 9.59 Å². The van der Waals surface area contributed by atoms with Gasteiger partial charge in [-0.1, -0.05) is 36.2 Å². The Morgan fingerprint density at radius 2 is 1.79 bits per heavy atom. The van der Waals surface area contributed by atoms with Crippen LogP contribution >= 0.6 is 15.9 Å². The number of nitrogens with zero attached hydrogens (tertiary/aromatic N) is 1. The molecule has 2 amide bonds. The lowest BCUT2D eigenvalue weighted by atomic mass is 10.1. The van der Waals surface area contributed by atoms with Crippen LogP contribution in [0.1, 0.15) is 59.6 Å². The van der Waals surface area contributed by atoms with Crippen LogP contribution in [0.25, 0.3) is 0 Å². The van der Waals surface area contributed by atoms with Gasteiger partial charge in [-0.25, -0.2) is 0 Å². The number of unbranched alkanes of at least 4 members (excludes halogenated alkanes) is 1. The summed E-state index contributed by atoms with van der Waals surface area (Å²) in [4.78, 5) is 27.9. The van der Waals surface area contributed by atoms with Crippen LogP contribution < -0.4 is 15.5 Å². The Hall–Kier alpha value is -3.06. The van der Waals surface area contributed by atoms with Gasteiger partial charge in [-0.05, 0) is 67.4 Å². The molecule has 2 N–H and O–H groups in total. The van der Waals surface area contributed by atoms with Crippen LogP contribution in [0.5, 0.6) is 0 Å². The van der Waals surface area contributed by atoms with Crippen molar-refractivity contribution in [1.29, 1.82) is 0 Å². The van der Waals surface area contributed by atoms with Crippen molar-refractivity contribution < 1.29 is 14.0 Å². The molecule has 6 nitrogen and oxygen atoms in total. The number of amides is 2. The van der Waals surface area contributed by atoms with Crippen LogP contribution in [0.15, 0.2) is 69.8 Å². The van der Waals surface area contributed by atoms with Crippen molar-refractivity contribution in [2.24, 2.45) is 0 Å². The number of anilines is 2. The zero-order valence-electron chi connectivity index (χ0n) is 19.1. The summed E-state index contributed by atoms with van der Waals surface area (Å²) in [6, 6.07) is 16.4. The van der Waals surface area contributed by atoms with E-state index in [0.717, 1.165) is 41.7 Å². The zero-order valence-corrected chi connectivity index (χ0v) is 20.7. The van der Waals surface area contributed by atoms with Gasteiger partial charge in [0, 0.05) is 28.8 Å². The van der Waals surface area contributed by atoms with E-state index in [9.17, 15) is 9.59 Å². The fourth-order valence-electron chi connectivity index (χ4n) is 3.43. The second-order valence-corrected chi connectivity index (χ2v) is 8.72. The number of halogens is 1. The first-order valence-corrected chi connectivity index (χ1v) is 12.1. The lowest BCUT2D eigenvalue weighted by molar-refractivity contribution is 0.0952. The van der Waals surface area contributed by atoms with Crippen LogP contribution in [0, 0.1) is 0 Å². The minimum Gasteiger partial charge on any atom is -0.467 e. The summed E-state index contributed by atoms with van der Waals surface area (Å²) in [5.41, 5.74) is 2.46. The Balaban J connectivity index is 1.91.